The van der Waals surface area contributed by atoms with Gasteiger partial charge in [0.1, 0.15) is 0 Å². The van der Waals surface area contributed by atoms with Crippen molar-refractivity contribution in [1.82, 2.24) is 14.9 Å². The first-order valence-electron chi connectivity index (χ1n) is 8.50. The molecule has 3 aromatic rings. The molecule has 0 aliphatic heterocycles. The van der Waals surface area contributed by atoms with Crippen molar-refractivity contribution in [2.45, 2.75) is 26.2 Å². The van der Waals surface area contributed by atoms with E-state index < -0.39 is 6.61 Å². The van der Waals surface area contributed by atoms with Crippen LogP contribution in [0.3, 0.4) is 0 Å². The summed E-state index contributed by atoms with van der Waals surface area (Å²) in [6.07, 6.45) is 5.44. The normalized spacial score (nSPS) is 11.0. The Kier molecular flexibility index (Phi) is 6.38. The largest absolute Gasteiger partial charge is 0.493 e. The Balaban J connectivity index is 1.63. The molecule has 1 aromatic heterocycles. The maximum atomic E-state index is 12.7. The quantitative estimate of drug-likeness (QED) is 0.619. The summed E-state index contributed by atoms with van der Waals surface area (Å²) in [6, 6.07) is 13.3. The van der Waals surface area contributed by atoms with Gasteiger partial charge in [-0.2, -0.15) is 8.78 Å². The number of aromatic nitrogens is 2. The second kappa shape index (κ2) is 9.14. The van der Waals surface area contributed by atoms with E-state index in [0.29, 0.717) is 18.7 Å². The van der Waals surface area contributed by atoms with Crippen LogP contribution in [0.5, 0.6) is 11.5 Å². The van der Waals surface area contributed by atoms with E-state index >= 15 is 0 Å². The fraction of sp³-hybridized carbons (Fsp3) is 0.250. The highest BCUT2D eigenvalue weighted by atomic mass is 19.3. The molecule has 7 heteroatoms. The predicted molar refractivity (Wildman–Crippen MR) is 97.9 cm³/mol. The molecule has 0 aliphatic rings. The summed E-state index contributed by atoms with van der Waals surface area (Å²) in [5, 5.41) is 3.27. The molecular weight excluding hydrogens is 352 g/mol. The van der Waals surface area contributed by atoms with Gasteiger partial charge in [0.05, 0.1) is 13.4 Å². The second-order valence-electron chi connectivity index (χ2n) is 5.99. The lowest BCUT2D eigenvalue weighted by molar-refractivity contribution is -0.0518. The third-order valence-corrected chi connectivity index (χ3v) is 4.05. The summed E-state index contributed by atoms with van der Waals surface area (Å²) < 4.78 is 37.2. The molecule has 2 aromatic carbocycles. The summed E-state index contributed by atoms with van der Waals surface area (Å²) in [5.41, 5.74) is 2.88. The van der Waals surface area contributed by atoms with Gasteiger partial charge >= 0.3 is 6.61 Å². The minimum atomic E-state index is -2.90. The van der Waals surface area contributed by atoms with Crippen molar-refractivity contribution >= 4 is 0 Å². The predicted octanol–water partition coefficient (Wildman–Crippen LogP) is 3.83. The first kappa shape index (κ1) is 18.8. The van der Waals surface area contributed by atoms with Gasteiger partial charge in [0.15, 0.2) is 11.5 Å². The van der Waals surface area contributed by atoms with Crippen LogP contribution in [-0.4, -0.2) is 23.3 Å². The van der Waals surface area contributed by atoms with Crippen molar-refractivity contribution in [2.75, 3.05) is 7.11 Å². The van der Waals surface area contributed by atoms with Crippen molar-refractivity contribution in [3.8, 4) is 11.5 Å². The lowest BCUT2D eigenvalue weighted by atomic mass is 10.1. The van der Waals surface area contributed by atoms with Crippen LogP contribution in [0.1, 0.15) is 16.7 Å². The number of hydrogen-bond donors (Lipinski definition) is 1. The molecule has 0 fully saturated rings. The molecule has 0 amide bonds. The highest BCUT2D eigenvalue weighted by Gasteiger charge is 2.15. The van der Waals surface area contributed by atoms with Gasteiger partial charge < -0.3 is 19.4 Å². The van der Waals surface area contributed by atoms with Crippen molar-refractivity contribution < 1.29 is 18.3 Å². The van der Waals surface area contributed by atoms with Gasteiger partial charge in [-0.05, 0) is 17.2 Å². The number of halogens is 2. The van der Waals surface area contributed by atoms with Crippen LogP contribution in [-0.2, 0) is 19.6 Å². The SMILES string of the molecule is COc1cccc(CNCc2cccc(Cn3ccnc3)c2)c1OC(F)F. The van der Waals surface area contributed by atoms with Crippen LogP contribution in [0.15, 0.2) is 61.2 Å². The first-order chi connectivity index (χ1) is 13.2. The third-order valence-electron chi connectivity index (χ3n) is 4.05. The monoisotopic (exact) mass is 373 g/mol. The molecule has 0 atom stereocenters. The minimum Gasteiger partial charge on any atom is -0.493 e. The maximum Gasteiger partial charge on any atom is 0.387 e. The Bertz CT molecular complexity index is 854. The van der Waals surface area contributed by atoms with Gasteiger partial charge in [-0.1, -0.05) is 36.4 Å². The van der Waals surface area contributed by atoms with Crippen LogP contribution >= 0.6 is 0 Å². The van der Waals surface area contributed by atoms with Crippen molar-refractivity contribution in [2.24, 2.45) is 0 Å². The van der Waals surface area contributed by atoms with Crippen LogP contribution in [0.4, 0.5) is 8.78 Å². The Morgan fingerprint density at radius 3 is 2.67 bits per heavy atom. The maximum absolute atomic E-state index is 12.7. The molecule has 0 unspecified atom stereocenters. The Labute approximate surface area is 156 Å². The fourth-order valence-corrected chi connectivity index (χ4v) is 2.85. The number of para-hydroxylation sites is 1. The van der Waals surface area contributed by atoms with E-state index in [2.05, 4.69) is 27.2 Å². The van der Waals surface area contributed by atoms with E-state index in [0.717, 1.165) is 17.7 Å². The molecule has 0 spiro atoms. The molecule has 5 nitrogen and oxygen atoms in total. The first-order valence-corrected chi connectivity index (χ1v) is 8.50. The van der Waals surface area contributed by atoms with Crippen molar-refractivity contribution in [3.05, 3.63) is 77.9 Å². The van der Waals surface area contributed by atoms with Crippen LogP contribution in [0.2, 0.25) is 0 Å². The number of imidazole rings is 1. The van der Waals surface area contributed by atoms with E-state index in [1.165, 1.54) is 7.11 Å². The van der Waals surface area contributed by atoms with Gasteiger partial charge in [-0.3, -0.25) is 0 Å². The summed E-state index contributed by atoms with van der Waals surface area (Å²) in [6.45, 7) is -1.18. The number of hydrogen-bond acceptors (Lipinski definition) is 4. The molecule has 0 bridgehead atoms. The number of nitrogens with zero attached hydrogens (tertiary/aromatic N) is 2. The summed E-state index contributed by atoms with van der Waals surface area (Å²) in [5.74, 6) is 0.355. The fourth-order valence-electron chi connectivity index (χ4n) is 2.85. The lowest BCUT2D eigenvalue weighted by Gasteiger charge is -2.15. The smallest absolute Gasteiger partial charge is 0.387 e. The number of ether oxygens (including phenoxy) is 2. The minimum absolute atomic E-state index is 0.0661. The van der Waals surface area contributed by atoms with Crippen LogP contribution in [0, 0.1) is 0 Å². The molecule has 0 radical (unpaired) electrons. The Morgan fingerprint density at radius 1 is 1.11 bits per heavy atom. The number of alkyl halides is 2. The zero-order valence-corrected chi connectivity index (χ0v) is 14.9. The number of nitrogens with one attached hydrogen (secondary N) is 1. The second-order valence-corrected chi connectivity index (χ2v) is 5.99. The molecule has 0 saturated carbocycles. The number of methoxy groups -OCH3 is 1. The molecular formula is C20H21F2N3O2. The van der Waals surface area contributed by atoms with Gasteiger partial charge in [0.2, 0.25) is 0 Å². The number of rotatable bonds is 9. The average Bonchev–Trinajstić information content (AvgIpc) is 3.16. The summed E-state index contributed by atoms with van der Waals surface area (Å²) >= 11 is 0. The highest BCUT2D eigenvalue weighted by molar-refractivity contribution is 5.46. The molecule has 0 aliphatic carbocycles. The zero-order valence-electron chi connectivity index (χ0n) is 14.9. The van der Waals surface area contributed by atoms with Gasteiger partial charge in [-0.15, -0.1) is 0 Å². The van der Waals surface area contributed by atoms with E-state index in [1.54, 1.807) is 30.7 Å². The molecule has 0 saturated heterocycles. The van der Waals surface area contributed by atoms with Gasteiger partial charge in [0.25, 0.3) is 0 Å². The lowest BCUT2D eigenvalue weighted by Crippen LogP contribution is -2.15. The summed E-state index contributed by atoms with van der Waals surface area (Å²) in [4.78, 5) is 4.04. The van der Waals surface area contributed by atoms with Crippen LogP contribution < -0.4 is 14.8 Å². The molecule has 142 valence electrons. The van der Waals surface area contributed by atoms with Crippen molar-refractivity contribution in [3.63, 3.8) is 0 Å². The molecule has 1 N–H and O–H groups in total. The van der Waals surface area contributed by atoms with E-state index in [-0.39, 0.29) is 11.5 Å². The van der Waals surface area contributed by atoms with E-state index in [4.69, 9.17) is 4.74 Å². The van der Waals surface area contributed by atoms with Crippen LogP contribution in [0.25, 0.3) is 0 Å². The standard InChI is InChI=1S/C20H21F2N3O2/c1-26-18-7-3-6-17(19(18)27-20(21)22)12-24-11-15-4-2-5-16(10-15)13-25-9-8-23-14-25/h2-10,14,20,24H,11-13H2,1H3. The highest BCUT2D eigenvalue weighted by Crippen LogP contribution is 2.32. The molecule has 27 heavy (non-hydrogen) atoms. The van der Waals surface area contributed by atoms with Crippen molar-refractivity contribution in [1.29, 1.82) is 0 Å². The topological polar surface area (TPSA) is 48.3 Å². The number of benzene rings is 2. The average molecular weight is 373 g/mol. The zero-order chi connectivity index (χ0) is 19.1. The summed E-state index contributed by atoms with van der Waals surface area (Å²) in [7, 11) is 1.43. The Morgan fingerprint density at radius 2 is 1.93 bits per heavy atom. The molecule has 3 rings (SSSR count). The molecule has 1 heterocycles. The third kappa shape index (κ3) is 5.27. The Hall–Kier alpha value is -2.93. The van der Waals surface area contributed by atoms with E-state index in [1.807, 2.05) is 22.9 Å². The van der Waals surface area contributed by atoms with Gasteiger partial charge in [0, 0.05) is 37.6 Å². The van der Waals surface area contributed by atoms with E-state index in [9.17, 15) is 8.78 Å². The van der Waals surface area contributed by atoms with Gasteiger partial charge in [-0.25, -0.2) is 4.98 Å².